The zero-order valence-corrected chi connectivity index (χ0v) is 14.6. The van der Waals surface area contributed by atoms with Crippen molar-refractivity contribution in [2.24, 2.45) is 11.8 Å². The van der Waals surface area contributed by atoms with Crippen LogP contribution in [0, 0.1) is 17.7 Å². The van der Waals surface area contributed by atoms with E-state index in [1.807, 2.05) is 4.90 Å². The van der Waals surface area contributed by atoms with Crippen molar-refractivity contribution >= 4 is 11.5 Å². The van der Waals surface area contributed by atoms with E-state index >= 15 is 0 Å². The molecule has 1 saturated carbocycles. The number of rotatable bonds is 4. The van der Waals surface area contributed by atoms with Gasteiger partial charge in [0, 0.05) is 25.7 Å². The molecule has 1 aliphatic heterocycles. The molecule has 3 atom stereocenters. The van der Waals surface area contributed by atoms with E-state index in [2.05, 4.69) is 20.6 Å². The van der Waals surface area contributed by atoms with Crippen LogP contribution in [0.15, 0.2) is 36.4 Å². The molecule has 1 N–H and O–H groups in total. The second kappa shape index (κ2) is 6.13. The zero-order chi connectivity index (χ0) is 19.5. The van der Waals surface area contributed by atoms with E-state index in [1.54, 1.807) is 18.2 Å². The quantitative estimate of drug-likeness (QED) is 0.692. The molecule has 3 aromatic rings. The van der Waals surface area contributed by atoms with Crippen molar-refractivity contribution in [1.82, 2.24) is 25.1 Å². The lowest BCUT2D eigenvalue weighted by Gasteiger charge is -2.21. The summed E-state index contributed by atoms with van der Waals surface area (Å²) in [6.07, 6.45) is -4.60. The van der Waals surface area contributed by atoms with Gasteiger partial charge < -0.3 is 10.2 Å². The summed E-state index contributed by atoms with van der Waals surface area (Å²) in [5.74, 6) is -0.0226. The predicted molar refractivity (Wildman–Crippen MR) is 92.0 cm³/mol. The first-order valence-corrected chi connectivity index (χ1v) is 8.92. The highest BCUT2D eigenvalue weighted by atomic mass is 19.4. The number of hydrogen-bond donors (Lipinski definition) is 1. The Bertz CT molecular complexity index is 1000. The van der Waals surface area contributed by atoms with Crippen LogP contribution in [-0.2, 0) is 12.7 Å². The Morgan fingerprint density at radius 3 is 2.39 bits per heavy atom. The molecule has 0 bridgehead atoms. The Morgan fingerprint density at radius 2 is 1.71 bits per heavy atom. The van der Waals surface area contributed by atoms with Crippen LogP contribution in [0.5, 0.6) is 0 Å². The number of nitrogens with zero attached hydrogens (tertiary/aromatic N) is 5. The minimum absolute atomic E-state index is 0.0688. The molecule has 146 valence electrons. The first-order valence-electron chi connectivity index (χ1n) is 8.92. The number of anilines is 1. The van der Waals surface area contributed by atoms with Crippen molar-refractivity contribution in [2.45, 2.75) is 18.8 Å². The average molecular weight is 392 g/mol. The number of hydrogen-bond acceptors (Lipinski definition) is 5. The van der Waals surface area contributed by atoms with Crippen molar-refractivity contribution in [1.29, 1.82) is 0 Å². The number of benzene rings is 1. The topological polar surface area (TPSA) is 58.3 Å². The highest BCUT2D eigenvalue weighted by Gasteiger charge is 2.55. The summed E-state index contributed by atoms with van der Waals surface area (Å²) in [5, 5.41) is 14.3. The molecule has 0 radical (unpaired) electrons. The summed E-state index contributed by atoms with van der Waals surface area (Å²) >= 11 is 0. The van der Waals surface area contributed by atoms with Crippen LogP contribution in [0.1, 0.15) is 11.4 Å². The third kappa shape index (κ3) is 2.97. The molecule has 3 heterocycles. The summed E-state index contributed by atoms with van der Waals surface area (Å²) < 4.78 is 52.8. The minimum atomic E-state index is -4.60. The highest BCUT2D eigenvalue weighted by molar-refractivity contribution is 5.48. The molecule has 28 heavy (non-hydrogen) atoms. The van der Waals surface area contributed by atoms with Crippen molar-refractivity contribution in [3.8, 4) is 0 Å². The Labute approximate surface area is 157 Å². The maximum atomic E-state index is 13.0. The van der Waals surface area contributed by atoms with Crippen LogP contribution in [0.4, 0.5) is 23.4 Å². The van der Waals surface area contributed by atoms with Crippen molar-refractivity contribution < 1.29 is 17.6 Å². The molecule has 0 amide bonds. The lowest BCUT2D eigenvalue weighted by atomic mass is 10.2. The molecule has 1 saturated heterocycles. The van der Waals surface area contributed by atoms with E-state index in [9.17, 15) is 17.6 Å². The molecule has 1 aromatic carbocycles. The molecule has 0 spiro atoms. The van der Waals surface area contributed by atoms with Gasteiger partial charge in [-0.3, -0.25) is 0 Å². The van der Waals surface area contributed by atoms with Gasteiger partial charge in [-0.15, -0.1) is 15.3 Å². The second-order valence-electron chi connectivity index (χ2n) is 7.25. The first-order chi connectivity index (χ1) is 13.4. The second-order valence-corrected chi connectivity index (χ2v) is 7.25. The largest absolute Gasteiger partial charge is 0.453 e. The van der Waals surface area contributed by atoms with Gasteiger partial charge in [0.15, 0.2) is 5.65 Å². The van der Waals surface area contributed by atoms with Crippen LogP contribution >= 0.6 is 0 Å². The van der Waals surface area contributed by atoms with Crippen LogP contribution in [-0.4, -0.2) is 38.9 Å². The number of fused-ring (bicyclic) bond motifs is 2. The van der Waals surface area contributed by atoms with Gasteiger partial charge in [-0.1, -0.05) is 12.1 Å². The van der Waals surface area contributed by atoms with E-state index in [-0.39, 0.29) is 11.5 Å². The molecule has 6 nitrogen and oxygen atoms in total. The van der Waals surface area contributed by atoms with Gasteiger partial charge in [-0.2, -0.15) is 17.7 Å². The summed E-state index contributed by atoms with van der Waals surface area (Å²) in [4.78, 5) is 1.99. The molecule has 0 unspecified atom stereocenters. The Hall–Kier alpha value is -2.75. The molecule has 2 aliphatic rings. The molecule has 2 fully saturated rings. The van der Waals surface area contributed by atoms with Crippen LogP contribution < -0.4 is 10.2 Å². The normalized spacial score (nSPS) is 24.0. The van der Waals surface area contributed by atoms with Gasteiger partial charge >= 0.3 is 6.18 Å². The number of aromatic nitrogens is 4. The van der Waals surface area contributed by atoms with Gasteiger partial charge in [-0.25, -0.2) is 4.39 Å². The Balaban J connectivity index is 1.24. The minimum Gasteiger partial charge on any atom is -0.354 e. The van der Waals surface area contributed by atoms with E-state index in [1.165, 1.54) is 18.2 Å². The molecule has 2 aromatic heterocycles. The van der Waals surface area contributed by atoms with Crippen molar-refractivity contribution in [3.05, 3.63) is 53.6 Å². The third-order valence-electron chi connectivity index (χ3n) is 5.48. The van der Waals surface area contributed by atoms with Crippen LogP contribution in [0.25, 0.3) is 5.65 Å². The van der Waals surface area contributed by atoms with Gasteiger partial charge in [-0.05, 0) is 41.7 Å². The number of alkyl halides is 3. The third-order valence-corrected chi connectivity index (χ3v) is 5.48. The number of nitrogens with one attached hydrogen (secondary N) is 1. The fourth-order valence-electron chi connectivity index (χ4n) is 3.98. The molecule has 10 heteroatoms. The molecular formula is C18H16F4N6. The lowest BCUT2D eigenvalue weighted by Crippen LogP contribution is -2.32. The van der Waals surface area contributed by atoms with E-state index in [4.69, 9.17) is 0 Å². The number of halogens is 4. The Morgan fingerprint density at radius 1 is 1.00 bits per heavy atom. The van der Waals surface area contributed by atoms with Gasteiger partial charge in [0.2, 0.25) is 0 Å². The zero-order valence-electron chi connectivity index (χ0n) is 14.6. The summed E-state index contributed by atoms with van der Waals surface area (Å²) in [7, 11) is 0. The monoisotopic (exact) mass is 392 g/mol. The SMILES string of the molecule is Fc1ccc(CN[C@H]2[C@@H]3CN(c4ccc5nnc(C(F)(F)F)n5n4)C[C@@H]32)cc1. The van der Waals surface area contributed by atoms with E-state index in [0.29, 0.717) is 30.2 Å². The molecule has 1 aliphatic carbocycles. The van der Waals surface area contributed by atoms with E-state index < -0.39 is 12.0 Å². The average Bonchev–Trinajstić information content (AvgIpc) is 3.02. The standard InChI is InChI=1S/C18H16F4N6/c19-11-3-1-10(2-4-11)7-23-16-12-8-27(9-13(12)16)15-6-5-14-24-25-17(18(20,21)22)28(14)26-15/h1-6,12-13,16,23H,7-9H2/t12-,13+,16+. The molecule has 5 rings (SSSR count). The van der Waals surface area contributed by atoms with Gasteiger partial charge in [0.25, 0.3) is 5.82 Å². The first kappa shape index (κ1) is 17.4. The Kier molecular flexibility index (Phi) is 3.80. The van der Waals surface area contributed by atoms with Gasteiger partial charge in [0.1, 0.15) is 11.6 Å². The summed E-state index contributed by atoms with van der Waals surface area (Å²) in [6, 6.07) is 9.93. The van der Waals surface area contributed by atoms with Gasteiger partial charge in [0.05, 0.1) is 0 Å². The summed E-state index contributed by atoms with van der Waals surface area (Å²) in [6.45, 7) is 2.12. The van der Waals surface area contributed by atoms with Crippen molar-refractivity contribution in [2.75, 3.05) is 18.0 Å². The fraction of sp³-hybridized carbons (Fsp3) is 0.389. The predicted octanol–water partition coefficient (Wildman–Crippen LogP) is 2.51. The highest BCUT2D eigenvalue weighted by Crippen LogP contribution is 2.46. The maximum absolute atomic E-state index is 13.0. The van der Waals surface area contributed by atoms with E-state index in [0.717, 1.165) is 23.2 Å². The van der Waals surface area contributed by atoms with Crippen LogP contribution in [0.3, 0.4) is 0 Å². The smallest absolute Gasteiger partial charge is 0.354 e. The fourth-order valence-corrected chi connectivity index (χ4v) is 3.98. The lowest BCUT2D eigenvalue weighted by molar-refractivity contribution is -0.146. The molecular weight excluding hydrogens is 376 g/mol. The van der Waals surface area contributed by atoms with Crippen LogP contribution in [0.2, 0.25) is 0 Å². The number of piperidine rings is 1. The summed E-state index contributed by atoms with van der Waals surface area (Å²) in [5.41, 5.74) is 1.09. The van der Waals surface area contributed by atoms with Crippen molar-refractivity contribution in [3.63, 3.8) is 0 Å². The maximum Gasteiger partial charge on any atom is 0.453 e.